The van der Waals surface area contributed by atoms with E-state index in [-0.39, 0.29) is 0 Å². The first-order chi connectivity index (χ1) is 15.7. The molecule has 0 bridgehead atoms. The molecule has 0 unspecified atom stereocenters. The molecule has 7 nitrogen and oxygen atoms in total. The molecular formula is C25H32N4O3S. The van der Waals surface area contributed by atoms with Crippen LogP contribution in [0.4, 0.5) is 5.69 Å². The number of ether oxygens (including phenoxy) is 1. The zero-order valence-electron chi connectivity index (χ0n) is 19.7. The molecule has 176 valence electrons. The fourth-order valence-corrected chi connectivity index (χ4v) is 5.85. The molecule has 1 saturated heterocycles. The van der Waals surface area contributed by atoms with Crippen molar-refractivity contribution in [3.05, 3.63) is 72.1 Å². The van der Waals surface area contributed by atoms with Crippen molar-refractivity contribution < 1.29 is 13.2 Å². The van der Waals surface area contributed by atoms with Gasteiger partial charge >= 0.3 is 0 Å². The summed E-state index contributed by atoms with van der Waals surface area (Å²) in [7, 11) is -2.01. The quantitative estimate of drug-likeness (QED) is 0.551. The molecule has 0 spiro atoms. The molecule has 0 saturated carbocycles. The Morgan fingerprint density at radius 3 is 2.15 bits per heavy atom. The maximum absolute atomic E-state index is 13.7. The third kappa shape index (κ3) is 5.07. The zero-order valence-corrected chi connectivity index (χ0v) is 20.5. The highest BCUT2D eigenvalue weighted by atomic mass is 32.2. The fourth-order valence-electron chi connectivity index (χ4n) is 4.08. The van der Waals surface area contributed by atoms with Crippen LogP contribution in [0, 0.1) is 0 Å². The first-order valence-corrected chi connectivity index (χ1v) is 12.6. The van der Waals surface area contributed by atoms with Gasteiger partial charge in [0, 0.05) is 43.5 Å². The van der Waals surface area contributed by atoms with Crippen LogP contribution in [-0.2, 0) is 22.0 Å². The highest BCUT2D eigenvalue weighted by Crippen LogP contribution is 2.31. The average Bonchev–Trinajstić information content (AvgIpc) is 3.25. The summed E-state index contributed by atoms with van der Waals surface area (Å²) in [5.74, 6) is 0.808. The van der Waals surface area contributed by atoms with Crippen LogP contribution in [-0.4, -0.2) is 55.8 Å². The molecular weight excluding hydrogens is 436 g/mol. The molecule has 0 amide bonds. The largest absolute Gasteiger partial charge is 0.497 e. The van der Waals surface area contributed by atoms with E-state index < -0.39 is 15.4 Å². The number of rotatable bonds is 6. The van der Waals surface area contributed by atoms with Crippen LogP contribution in [0.25, 0.3) is 0 Å². The fraction of sp³-hybridized carbons (Fsp3) is 0.400. The Morgan fingerprint density at radius 2 is 1.58 bits per heavy atom. The summed E-state index contributed by atoms with van der Waals surface area (Å²) >= 11 is 0. The molecule has 4 rings (SSSR count). The van der Waals surface area contributed by atoms with Gasteiger partial charge in [-0.15, -0.1) is 0 Å². The number of anilines is 1. The van der Waals surface area contributed by atoms with Gasteiger partial charge in [-0.25, -0.2) is 8.42 Å². The molecule has 0 atom stereocenters. The van der Waals surface area contributed by atoms with E-state index in [2.05, 4.69) is 4.90 Å². The molecule has 8 heteroatoms. The lowest BCUT2D eigenvalue weighted by Crippen LogP contribution is -2.48. The predicted octanol–water partition coefficient (Wildman–Crippen LogP) is 3.75. The van der Waals surface area contributed by atoms with E-state index in [0.717, 1.165) is 17.0 Å². The van der Waals surface area contributed by atoms with Crippen LogP contribution in [0.3, 0.4) is 0 Å². The minimum absolute atomic E-state index is 0.309. The Balaban J connectivity index is 1.55. The molecule has 0 radical (unpaired) electrons. The minimum Gasteiger partial charge on any atom is -0.497 e. The minimum atomic E-state index is -3.66. The van der Waals surface area contributed by atoms with Crippen LogP contribution in [0.5, 0.6) is 5.75 Å². The number of sulfonamides is 1. The monoisotopic (exact) mass is 468 g/mol. The molecule has 3 aromatic rings. The van der Waals surface area contributed by atoms with Gasteiger partial charge in [-0.1, -0.05) is 51.1 Å². The Kier molecular flexibility index (Phi) is 6.50. The highest BCUT2D eigenvalue weighted by Gasteiger charge is 2.35. The normalized spacial score (nSPS) is 15.6. The molecule has 1 fully saturated rings. The van der Waals surface area contributed by atoms with E-state index in [9.17, 15) is 8.42 Å². The molecule has 0 N–H and O–H groups in total. The van der Waals surface area contributed by atoms with E-state index in [0.29, 0.717) is 43.3 Å². The number of hydrogen-bond donors (Lipinski definition) is 0. The first kappa shape index (κ1) is 23.3. The summed E-state index contributed by atoms with van der Waals surface area (Å²) in [6, 6.07) is 17.8. The third-order valence-corrected chi connectivity index (χ3v) is 7.82. The zero-order chi connectivity index (χ0) is 23.6. The number of aromatic nitrogens is 2. The van der Waals surface area contributed by atoms with E-state index in [4.69, 9.17) is 9.84 Å². The second-order valence-corrected chi connectivity index (χ2v) is 11.3. The Morgan fingerprint density at radius 1 is 0.939 bits per heavy atom. The molecule has 1 aromatic heterocycles. The van der Waals surface area contributed by atoms with E-state index in [1.807, 2.05) is 75.4 Å². The lowest BCUT2D eigenvalue weighted by molar-refractivity contribution is 0.383. The molecule has 2 aromatic carbocycles. The standard InChI is InChI=1S/C25H32N4O3S/c1-25(2,3)24-23(19-28(26-24)18-20-8-6-5-7-9-20)33(30,31)29-16-14-27(15-17-29)21-10-12-22(32-4)13-11-21/h5-13,19H,14-18H2,1-4H3. The van der Waals surface area contributed by atoms with Gasteiger partial charge < -0.3 is 9.64 Å². The van der Waals surface area contributed by atoms with Crippen molar-refractivity contribution in [3.8, 4) is 5.75 Å². The second-order valence-electron chi connectivity index (χ2n) is 9.36. The number of methoxy groups -OCH3 is 1. The lowest BCUT2D eigenvalue weighted by atomic mass is 9.92. The topological polar surface area (TPSA) is 67.7 Å². The molecule has 1 aliphatic heterocycles. The maximum atomic E-state index is 13.7. The summed E-state index contributed by atoms with van der Waals surface area (Å²) in [6.45, 7) is 8.67. The van der Waals surface area contributed by atoms with Gasteiger partial charge in [0.15, 0.2) is 0 Å². The van der Waals surface area contributed by atoms with E-state index in [1.165, 1.54) is 0 Å². The van der Waals surface area contributed by atoms with Gasteiger partial charge in [-0.3, -0.25) is 4.68 Å². The first-order valence-electron chi connectivity index (χ1n) is 11.2. The highest BCUT2D eigenvalue weighted by molar-refractivity contribution is 7.89. The second kappa shape index (κ2) is 9.19. The Hall–Kier alpha value is -2.84. The lowest BCUT2D eigenvalue weighted by Gasteiger charge is -2.35. The molecule has 1 aliphatic rings. The number of piperazine rings is 1. The number of nitrogens with zero attached hydrogens (tertiary/aromatic N) is 4. The Labute approximate surface area is 196 Å². The van der Waals surface area contributed by atoms with E-state index in [1.54, 1.807) is 22.3 Å². The van der Waals surface area contributed by atoms with Crippen LogP contribution in [0.15, 0.2) is 65.7 Å². The van der Waals surface area contributed by atoms with Crippen molar-refractivity contribution in [1.29, 1.82) is 0 Å². The summed E-state index contributed by atoms with van der Waals surface area (Å²) < 4.78 is 35.9. The molecule has 2 heterocycles. The van der Waals surface area contributed by atoms with Crippen LogP contribution < -0.4 is 9.64 Å². The van der Waals surface area contributed by atoms with Gasteiger partial charge in [0.05, 0.1) is 19.3 Å². The molecule has 33 heavy (non-hydrogen) atoms. The van der Waals surface area contributed by atoms with Crippen molar-refractivity contribution in [1.82, 2.24) is 14.1 Å². The summed E-state index contributed by atoms with van der Waals surface area (Å²) in [6.07, 6.45) is 1.69. The molecule has 0 aliphatic carbocycles. The Bertz CT molecular complexity index is 1170. The van der Waals surface area contributed by atoms with Gasteiger partial charge in [0.2, 0.25) is 10.0 Å². The number of benzene rings is 2. The van der Waals surface area contributed by atoms with Gasteiger partial charge in [-0.05, 0) is 29.8 Å². The summed E-state index contributed by atoms with van der Waals surface area (Å²) in [4.78, 5) is 2.51. The van der Waals surface area contributed by atoms with Crippen molar-refractivity contribution in [2.24, 2.45) is 0 Å². The summed E-state index contributed by atoms with van der Waals surface area (Å²) in [5.41, 5.74) is 2.36. The van der Waals surface area contributed by atoms with Crippen molar-refractivity contribution in [2.45, 2.75) is 37.6 Å². The van der Waals surface area contributed by atoms with Crippen LogP contribution >= 0.6 is 0 Å². The van der Waals surface area contributed by atoms with Gasteiger partial charge in [0.1, 0.15) is 10.6 Å². The van der Waals surface area contributed by atoms with Crippen molar-refractivity contribution in [3.63, 3.8) is 0 Å². The van der Waals surface area contributed by atoms with E-state index >= 15 is 0 Å². The summed E-state index contributed by atoms with van der Waals surface area (Å²) in [5, 5.41) is 4.71. The third-order valence-electron chi connectivity index (χ3n) is 5.92. The van der Waals surface area contributed by atoms with Gasteiger partial charge in [-0.2, -0.15) is 9.40 Å². The predicted molar refractivity (Wildman–Crippen MR) is 130 cm³/mol. The number of hydrogen-bond acceptors (Lipinski definition) is 5. The maximum Gasteiger partial charge on any atom is 0.246 e. The smallest absolute Gasteiger partial charge is 0.246 e. The average molecular weight is 469 g/mol. The van der Waals surface area contributed by atoms with Crippen LogP contribution in [0.1, 0.15) is 32.0 Å². The SMILES string of the molecule is COc1ccc(N2CCN(S(=O)(=O)c3cn(Cc4ccccc4)nc3C(C)(C)C)CC2)cc1. The van der Waals surface area contributed by atoms with Crippen molar-refractivity contribution >= 4 is 15.7 Å². The van der Waals surface area contributed by atoms with Gasteiger partial charge in [0.25, 0.3) is 0 Å². The van der Waals surface area contributed by atoms with Crippen molar-refractivity contribution in [2.75, 3.05) is 38.2 Å². The van der Waals surface area contributed by atoms with Crippen LogP contribution in [0.2, 0.25) is 0 Å².